The molecule has 0 unspecified atom stereocenters. The number of hydrogen-bond acceptors (Lipinski definition) is 2. The molecule has 2 nitrogen and oxygen atoms in total. The standard InChI is InChI=1S/C13H14O2/c1-9(2)15-13-8-7-12(14)10-5-3-4-6-11(10)13/h3-9,14H,1-2H3. The molecular weight excluding hydrogens is 188 g/mol. The molecule has 15 heavy (non-hydrogen) atoms. The normalized spacial score (nSPS) is 10.9. The molecule has 0 fully saturated rings. The molecular formula is C13H14O2. The average molecular weight is 202 g/mol. The molecule has 0 aliphatic carbocycles. The summed E-state index contributed by atoms with van der Waals surface area (Å²) in [6, 6.07) is 11.2. The summed E-state index contributed by atoms with van der Waals surface area (Å²) in [4.78, 5) is 0. The third kappa shape index (κ3) is 1.89. The quantitative estimate of drug-likeness (QED) is 0.809. The largest absolute Gasteiger partial charge is 0.507 e. The predicted octanol–water partition coefficient (Wildman–Crippen LogP) is 3.33. The van der Waals surface area contributed by atoms with Crippen molar-refractivity contribution in [2.45, 2.75) is 20.0 Å². The van der Waals surface area contributed by atoms with Crippen molar-refractivity contribution in [3.63, 3.8) is 0 Å². The van der Waals surface area contributed by atoms with E-state index in [0.717, 1.165) is 16.5 Å². The van der Waals surface area contributed by atoms with Crippen molar-refractivity contribution in [1.82, 2.24) is 0 Å². The highest BCUT2D eigenvalue weighted by molar-refractivity contribution is 5.92. The van der Waals surface area contributed by atoms with Crippen LogP contribution in [0.15, 0.2) is 36.4 Å². The van der Waals surface area contributed by atoms with E-state index in [0.29, 0.717) is 5.75 Å². The second kappa shape index (κ2) is 3.81. The molecule has 78 valence electrons. The third-order valence-electron chi connectivity index (χ3n) is 2.22. The highest BCUT2D eigenvalue weighted by Gasteiger charge is 2.06. The number of hydrogen-bond donors (Lipinski definition) is 1. The van der Waals surface area contributed by atoms with Crippen molar-refractivity contribution in [2.75, 3.05) is 0 Å². The summed E-state index contributed by atoms with van der Waals surface area (Å²) in [5.41, 5.74) is 0. The van der Waals surface area contributed by atoms with Gasteiger partial charge in [0.05, 0.1) is 6.10 Å². The zero-order chi connectivity index (χ0) is 10.8. The second-order valence-corrected chi connectivity index (χ2v) is 3.80. The lowest BCUT2D eigenvalue weighted by Gasteiger charge is -2.12. The maximum atomic E-state index is 9.67. The van der Waals surface area contributed by atoms with Crippen LogP contribution in [0.25, 0.3) is 10.8 Å². The zero-order valence-corrected chi connectivity index (χ0v) is 8.90. The van der Waals surface area contributed by atoms with Gasteiger partial charge in [-0.15, -0.1) is 0 Å². The van der Waals surface area contributed by atoms with Gasteiger partial charge in [-0.2, -0.15) is 0 Å². The molecule has 1 N–H and O–H groups in total. The van der Waals surface area contributed by atoms with E-state index in [1.165, 1.54) is 0 Å². The molecule has 0 bridgehead atoms. The monoisotopic (exact) mass is 202 g/mol. The second-order valence-electron chi connectivity index (χ2n) is 3.80. The molecule has 0 radical (unpaired) electrons. The lowest BCUT2D eigenvalue weighted by molar-refractivity contribution is 0.245. The summed E-state index contributed by atoms with van der Waals surface area (Å²) in [5, 5.41) is 11.5. The van der Waals surface area contributed by atoms with Crippen LogP contribution in [0.1, 0.15) is 13.8 Å². The Morgan fingerprint density at radius 2 is 1.67 bits per heavy atom. The number of phenolic OH excluding ortho intramolecular Hbond substituents is 1. The molecule has 2 aromatic rings. The highest BCUT2D eigenvalue weighted by atomic mass is 16.5. The number of fused-ring (bicyclic) bond motifs is 1. The molecule has 0 aliphatic rings. The van der Waals surface area contributed by atoms with Crippen LogP contribution >= 0.6 is 0 Å². The van der Waals surface area contributed by atoms with Crippen LogP contribution in [-0.2, 0) is 0 Å². The Balaban J connectivity index is 2.61. The molecule has 0 atom stereocenters. The number of rotatable bonds is 2. The molecule has 2 rings (SSSR count). The van der Waals surface area contributed by atoms with Gasteiger partial charge in [0.15, 0.2) is 0 Å². The van der Waals surface area contributed by atoms with E-state index in [-0.39, 0.29) is 6.10 Å². The minimum absolute atomic E-state index is 0.137. The van der Waals surface area contributed by atoms with Crippen LogP contribution in [0.4, 0.5) is 0 Å². The lowest BCUT2D eigenvalue weighted by atomic mass is 10.1. The summed E-state index contributed by atoms with van der Waals surface area (Å²) >= 11 is 0. The van der Waals surface area contributed by atoms with Crippen LogP contribution in [0.2, 0.25) is 0 Å². The van der Waals surface area contributed by atoms with Gasteiger partial charge in [-0.1, -0.05) is 24.3 Å². The molecule has 2 heteroatoms. The Morgan fingerprint density at radius 3 is 2.33 bits per heavy atom. The van der Waals surface area contributed by atoms with Gasteiger partial charge in [0.1, 0.15) is 11.5 Å². The van der Waals surface area contributed by atoms with Gasteiger partial charge in [0, 0.05) is 10.8 Å². The van der Waals surface area contributed by atoms with E-state index < -0.39 is 0 Å². The van der Waals surface area contributed by atoms with Gasteiger partial charge in [0.2, 0.25) is 0 Å². The Bertz CT molecular complexity index is 475. The van der Waals surface area contributed by atoms with E-state index >= 15 is 0 Å². The maximum absolute atomic E-state index is 9.67. The lowest BCUT2D eigenvalue weighted by Crippen LogP contribution is -2.05. The maximum Gasteiger partial charge on any atom is 0.127 e. The topological polar surface area (TPSA) is 29.5 Å². The Kier molecular flexibility index (Phi) is 2.50. The highest BCUT2D eigenvalue weighted by Crippen LogP contribution is 2.32. The fourth-order valence-electron chi connectivity index (χ4n) is 1.61. The molecule has 0 aromatic heterocycles. The van der Waals surface area contributed by atoms with Gasteiger partial charge in [-0.3, -0.25) is 0 Å². The smallest absolute Gasteiger partial charge is 0.127 e. The van der Waals surface area contributed by atoms with Crippen LogP contribution in [0.5, 0.6) is 11.5 Å². The first-order valence-electron chi connectivity index (χ1n) is 5.06. The molecule has 0 saturated heterocycles. The number of aromatic hydroxyl groups is 1. The van der Waals surface area contributed by atoms with Crippen molar-refractivity contribution in [1.29, 1.82) is 0 Å². The Labute approximate surface area is 89.1 Å². The number of benzene rings is 2. The van der Waals surface area contributed by atoms with Crippen LogP contribution in [-0.4, -0.2) is 11.2 Å². The molecule has 0 saturated carbocycles. The summed E-state index contributed by atoms with van der Waals surface area (Å²) in [7, 11) is 0. The fraction of sp³-hybridized carbons (Fsp3) is 0.231. The SMILES string of the molecule is CC(C)Oc1ccc(O)c2ccccc12. The van der Waals surface area contributed by atoms with Crippen LogP contribution in [0, 0.1) is 0 Å². The van der Waals surface area contributed by atoms with Crippen molar-refractivity contribution in [2.24, 2.45) is 0 Å². The predicted molar refractivity (Wildman–Crippen MR) is 61.4 cm³/mol. The van der Waals surface area contributed by atoms with Crippen LogP contribution < -0.4 is 4.74 Å². The molecule has 0 aliphatic heterocycles. The molecule has 0 amide bonds. The average Bonchev–Trinajstić information content (AvgIpc) is 2.22. The van der Waals surface area contributed by atoms with Crippen LogP contribution in [0.3, 0.4) is 0 Å². The first-order valence-corrected chi connectivity index (χ1v) is 5.06. The van der Waals surface area contributed by atoms with Gasteiger partial charge in [-0.25, -0.2) is 0 Å². The Morgan fingerprint density at radius 1 is 1.00 bits per heavy atom. The van der Waals surface area contributed by atoms with Crippen molar-refractivity contribution >= 4 is 10.8 Å². The van der Waals surface area contributed by atoms with E-state index in [1.54, 1.807) is 12.1 Å². The minimum Gasteiger partial charge on any atom is -0.507 e. The molecule has 0 spiro atoms. The fourth-order valence-corrected chi connectivity index (χ4v) is 1.61. The third-order valence-corrected chi connectivity index (χ3v) is 2.22. The summed E-state index contributed by atoms with van der Waals surface area (Å²) in [6.07, 6.45) is 0.137. The van der Waals surface area contributed by atoms with Crippen molar-refractivity contribution < 1.29 is 9.84 Å². The van der Waals surface area contributed by atoms with E-state index in [2.05, 4.69) is 0 Å². The van der Waals surface area contributed by atoms with Gasteiger partial charge < -0.3 is 9.84 Å². The van der Waals surface area contributed by atoms with E-state index in [9.17, 15) is 5.11 Å². The summed E-state index contributed by atoms with van der Waals surface area (Å²) < 4.78 is 5.67. The van der Waals surface area contributed by atoms with Crippen molar-refractivity contribution in [3.05, 3.63) is 36.4 Å². The van der Waals surface area contributed by atoms with E-state index in [1.807, 2.05) is 38.1 Å². The summed E-state index contributed by atoms with van der Waals surface area (Å²) in [6.45, 7) is 3.98. The minimum atomic E-state index is 0.137. The number of phenols is 1. The molecule has 2 aromatic carbocycles. The van der Waals surface area contributed by atoms with Gasteiger partial charge >= 0.3 is 0 Å². The first-order chi connectivity index (χ1) is 7.18. The zero-order valence-electron chi connectivity index (χ0n) is 8.90. The van der Waals surface area contributed by atoms with Gasteiger partial charge in [0.25, 0.3) is 0 Å². The van der Waals surface area contributed by atoms with Crippen molar-refractivity contribution in [3.8, 4) is 11.5 Å². The number of ether oxygens (including phenoxy) is 1. The van der Waals surface area contributed by atoms with Gasteiger partial charge in [-0.05, 0) is 26.0 Å². The molecule has 0 heterocycles. The summed E-state index contributed by atoms with van der Waals surface area (Å²) in [5.74, 6) is 1.11. The first kappa shape index (κ1) is 9.84. The van der Waals surface area contributed by atoms with E-state index in [4.69, 9.17) is 4.74 Å². The Hall–Kier alpha value is -1.70.